The van der Waals surface area contributed by atoms with Crippen LogP contribution in [0, 0.1) is 17.1 Å². The molecule has 19 heavy (non-hydrogen) atoms. The molecule has 0 amide bonds. The quantitative estimate of drug-likeness (QED) is 0.844. The molecule has 2 rings (SSSR count). The van der Waals surface area contributed by atoms with Gasteiger partial charge in [-0.05, 0) is 37.1 Å². The maximum absolute atomic E-state index is 13.5. The van der Waals surface area contributed by atoms with Crippen molar-refractivity contribution in [2.75, 3.05) is 13.2 Å². The smallest absolute Gasteiger partial charge is 0.142 e. The number of benzene rings is 1. The average Bonchev–Trinajstić information content (AvgIpc) is 2.86. The van der Waals surface area contributed by atoms with Crippen molar-refractivity contribution < 1.29 is 9.13 Å². The van der Waals surface area contributed by atoms with Crippen molar-refractivity contribution in [1.82, 2.24) is 5.32 Å². The summed E-state index contributed by atoms with van der Waals surface area (Å²) in [5, 5.41) is 12.0. The molecule has 1 aliphatic heterocycles. The molecule has 5 heteroatoms. The summed E-state index contributed by atoms with van der Waals surface area (Å²) >= 11 is 5.68. The molecule has 1 saturated heterocycles. The SMILES string of the molecule is N#CCCCN[C@@H]1CCO[C@H]1c1ccc(Cl)c(F)c1. The molecule has 1 fully saturated rings. The zero-order chi connectivity index (χ0) is 13.7. The number of nitrogens with zero attached hydrogens (tertiary/aromatic N) is 1. The van der Waals surface area contributed by atoms with Gasteiger partial charge in [-0.15, -0.1) is 0 Å². The summed E-state index contributed by atoms with van der Waals surface area (Å²) in [4.78, 5) is 0. The lowest BCUT2D eigenvalue weighted by Gasteiger charge is -2.20. The van der Waals surface area contributed by atoms with E-state index in [9.17, 15) is 4.39 Å². The number of nitrogens with one attached hydrogen (secondary N) is 1. The second-order valence-corrected chi connectivity index (χ2v) is 4.98. The van der Waals surface area contributed by atoms with Crippen LogP contribution in [0.4, 0.5) is 4.39 Å². The van der Waals surface area contributed by atoms with Gasteiger partial charge in [0, 0.05) is 19.1 Å². The third-order valence-electron chi connectivity index (χ3n) is 3.24. The Kier molecular flexibility index (Phi) is 5.15. The number of unbranched alkanes of at least 4 members (excludes halogenated alkanes) is 1. The molecule has 0 saturated carbocycles. The molecule has 3 nitrogen and oxygen atoms in total. The first-order chi connectivity index (χ1) is 9.22. The lowest BCUT2D eigenvalue weighted by atomic mass is 10.0. The summed E-state index contributed by atoms with van der Waals surface area (Å²) in [7, 11) is 0. The van der Waals surface area contributed by atoms with E-state index in [4.69, 9.17) is 21.6 Å². The molecule has 1 aliphatic rings. The highest BCUT2D eigenvalue weighted by Crippen LogP contribution is 2.30. The van der Waals surface area contributed by atoms with Gasteiger partial charge in [0.05, 0.1) is 17.2 Å². The highest BCUT2D eigenvalue weighted by Gasteiger charge is 2.29. The second-order valence-electron chi connectivity index (χ2n) is 4.58. The Morgan fingerprint density at radius 3 is 3.11 bits per heavy atom. The van der Waals surface area contributed by atoms with Crippen LogP contribution in [-0.2, 0) is 4.74 Å². The average molecular weight is 283 g/mol. The summed E-state index contributed by atoms with van der Waals surface area (Å²) in [5.41, 5.74) is 0.803. The number of nitriles is 1. The molecular weight excluding hydrogens is 267 g/mol. The van der Waals surface area contributed by atoms with Crippen molar-refractivity contribution in [2.45, 2.75) is 31.4 Å². The first-order valence-corrected chi connectivity index (χ1v) is 6.77. The van der Waals surface area contributed by atoms with E-state index in [1.165, 1.54) is 6.07 Å². The van der Waals surface area contributed by atoms with E-state index >= 15 is 0 Å². The van der Waals surface area contributed by atoms with Crippen LogP contribution in [-0.4, -0.2) is 19.2 Å². The Morgan fingerprint density at radius 2 is 2.37 bits per heavy atom. The maximum Gasteiger partial charge on any atom is 0.142 e. The van der Waals surface area contributed by atoms with Crippen LogP contribution >= 0.6 is 11.6 Å². The van der Waals surface area contributed by atoms with Gasteiger partial charge in [0.15, 0.2) is 0 Å². The van der Waals surface area contributed by atoms with E-state index in [-0.39, 0.29) is 17.2 Å². The van der Waals surface area contributed by atoms with Gasteiger partial charge in [-0.2, -0.15) is 5.26 Å². The number of hydrogen-bond donors (Lipinski definition) is 1. The van der Waals surface area contributed by atoms with Crippen molar-refractivity contribution in [1.29, 1.82) is 5.26 Å². The Morgan fingerprint density at radius 1 is 1.53 bits per heavy atom. The van der Waals surface area contributed by atoms with Crippen LogP contribution in [0.15, 0.2) is 18.2 Å². The second kappa shape index (κ2) is 6.85. The van der Waals surface area contributed by atoms with Gasteiger partial charge in [0.2, 0.25) is 0 Å². The van der Waals surface area contributed by atoms with E-state index in [1.54, 1.807) is 12.1 Å². The van der Waals surface area contributed by atoms with Gasteiger partial charge in [0.25, 0.3) is 0 Å². The first kappa shape index (κ1) is 14.3. The maximum atomic E-state index is 13.5. The standard InChI is InChI=1S/C14H16ClFN2O/c15-11-4-3-10(9-12(11)16)14-13(5-8-19-14)18-7-2-1-6-17/h3-4,9,13-14,18H,1-2,5,7-8H2/t13-,14+/m1/s1. The van der Waals surface area contributed by atoms with Gasteiger partial charge in [0.1, 0.15) is 5.82 Å². The van der Waals surface area contributed by atoms with Gasteiger partial charge in [-0.1, -0.05) is 17.7 Å². The fraction of sp³-hybridized carbons (Fsp3) is 0.500. The Labute approximate surface area is 117 Å². The van der Waals surface area contributed by atoms with Crippen LogP contribution in [0.5, 0.6) is 0 Å². The molecule has 1 aromatic carbocycles. The summed E-state index contributed by atoms with van der Waals surface area (Å²) in [6.45, 7) is 1.43. The van der Waals surface area contributed by atoms with Crippen molar-refractivity contribution in [3.05, 3.63) is 34.6 Å². The van der Waals surface area contributed by atoms with Crippen molar-refractivity contribution in [2.24, 2.45) is 0 Å². The fourth-order valence-electron chi connectivity index (χ4n) is 2.27. The van der Waals surface area contributed by atoms with Crippen LogP contribution < -0.4 is 5.32 Å². The summed E-state index contributed by atoms with van der Waals surface area (Å²) in [6.07, 6.45) is 2.10. The minimum absolute atomic E-state index is 0.125. The van der Waals surface area contributed by atoms with Gasteiger partial charge >= 0.3 is 0 Å². The van der Waals surface area contributed by atoms with E-state index in [0.717, 1.165) is 24.9 Å². The van der Waals surface area contributed by atoms with Crippen LogP contribution in [0.25, 0.3) is 0 Å². The highest BCUT2D eigenvalue weighted by atomic mass is 35.5. The molecule has 2 atom stereocenters. The van der Waals surface area contributed by atoms with Crippen LogP contribution in [0.2, 0.25) is 5.02 Å². The minimum Gasteiger partial charge on any atom is -0.372 e. The first-order valence-electron chi connectivity index (χ1n) is 6.39. The highest BCUT2D eigenvalue weighted by molar-refractivity contribution is 6.30. The molecule has 1 N–H and O–H groups in total. The monoisotopic (exact) mass is 282 g/mol. The lowest BCUT2D eigenvalue weighted by Crippen LogP contribution is -2.32. The third kappa shape index (κ3) is 3.66. The number of halogens is 2. The largest absolute Gasteiger partial charge is 0.372 e. The fourth-order valence-corrected chi connectivity index (χ4v) is 2.39. The molecule has 0 radical (unpaired) electrons. The molecule has 1 heterocycles. The van der Waals surface area contributed by atoms with E-state index in [2.05, 4.69) is 11.4 Å². The molecule has 0 unspecified atom stereocenters. The molecule has 0 spiro atoms. The number of rotatable bonds is 5. The normalized spacial score (nSPS) is 22.4. The molecule has 0 bridgehead atoms. The topological polar surface area (TPSA) is 45.0 Å². The Balaban J connectivity index is 1.98. The summed E-state index contributed by atoms with van der Waals surface area (Å²) < 4.78 is 19.1. The van der Waals surface area contributed by atoms with E-state index in [0.29, 0.717) is 13.0 Å². The molecule has 0 aliphatic carbocycles. The Bertz CT molecular complexity index is 475. The minimum atomic E-state index is -0.419. The predicted octanol–water partition coefficient (Wildman–Crippen LogP) is 3.20. The van der Waals surface area contributed by atoms with Crippen LogP contribution in [0.3, 0.4) is 0 Å². The number of hydrogen-bond acceptors (Lipinski definition) is 3. The summed E-state index contributed by atoms with van der Waals surface area (Å²) in [6, 6.07) is 7.07. The van der Waals surface area contributed by atoms with Gasteiger partial charge < -0.3 is 10.1 Å². The molecule has 0 aromatic heterocycles. The third-order valence-corrected chi connectivity index (χ3v) is 3.54. The lowest BCUT2D eigenvalue weighted by molar-refractivity contribution is 0.0985. The van der Waals surface area contributed by atoms with E-state index in [1.807, 2.05) is 0 Å². The molecule has 1 aromatic rings. The van der Waals surface area contributed by atoms with Gasteiger partial charge in [-0.3, -0.25) is 0 Å². The number of ether oxygens (including phenoxy) is 1. The molecule has 102 valence electrons. The van der Waals surface area contributed by atoms with Gasteiger partial charge in [-0.25, -0.2) is 4.39 Å². The van der Waals surface area contributed by atoms with Crippen molar-refractivity contribution in [3.63, 3.8) is 0 Å². The zero-order valence-corrected chi connectivity index (χ0v) is 11.3. The zero-order valence-electron chi connectivity index (χ0n) is 10.5. The van der Waals surface area contributed by atoms with E-state index < -0.39 is 5.82 Å². The van der Waals surface area contributed by atoms with Crippen molar-refractivity contribution >= 4 is 11.6 Å². The summed E-state index contributed by atoms with van der Waals surface area (Å²) in [5.74, 6) is -0.419. The van der Waals surface area contributed by atoms with Crippen molar-refractivity contribution in [3.8, 4) is 6.07 Å². The van der Waals surface area contributed by atoms with Crippen LogP contribution in [0.1, 0.15) is 30.9 Å². The predicted molar refractivity (Wildman–Crippen MR) is 71.4 cm³/mol. The molecular formula is C14H16ClFN2O. The Hall–Kier alpha value is -1.15.